The van der Waals surface area contributed by atoms with E-state index in [1.54, 1.807) is 27.9 Å². The van der Waals surface area contributed by atoms with Crippen LogP contribution in [0.25, 0.3) is 16.9 Å². The van der Waals surface area contributed by atoms with Gasteiger partial charge in [-0.3, -0.25) is 4.57 Å². The number of hydrogen-bond acceptors (Lipinski definition) is 7. The number of anilines is 4. The highest BCUT2D eigenvalue weighted by molar-refractivity contribution is 5.86. The predicted octanol–water partition coefficient (Wildman–Crippen LogP) is 4.49. The van der Waals surface area contributed by atoms with Gasteiger partial charge in [-0.1, -0.05) is 18.2 Å². The van der Waals surface area contributed by atoms with Gasteiger partial charge in [-0.2, -0.15) is 9.97 Å². The van der Waals surface area contributed by atoms with Crippen molar-refractivity contribution in [3.8, 4) is 5.69 Å². The Labute approximate surface area is 205 Å². The average Bonchev–Trinajstić information content (AvgIpc) is 3.44. The summed E-state index contributed by atoms with van der Waals surface area (Å²) in [5.74, 6) is -2.22. The third-order valence-corrected chi connectivity index (χ3v) is 6.78. The summed E-state index contributed by atoms with van der Waals surface area (Å²) in [6.07, 6.45) is 1.03. The zero-order valence-electron chi connectivity index (χ0n) is 19.6. The van der Waals surface area contributed by atoms with Crippen molar-refractivity contribution in [1.29, 1.82) is 0 Å². The van der Waals surface area contributed by atoms with Crippen LogP contribution in [0.4, 0.5) is 36.3 Å². The molecule has 2 aromatic carbocycles. The van der Waals surface area contributed by atoms with Crippen molar-refractivity contribution < 1.29 is 13.2 Å². The Hall–Kier alpha value is -4.02. The van der Waals surface area contributed by atoms with Gasteiger partial charge >= 0.3 is 0 Å². The van der Waals surface area contributed by atoms with Gasteiger partial charge in [-0.25, -0.2) is 18.2 Å². The third-order valence-electron chi connectivity index (χ3n) is 6.78. The van der Waals surface area contributed by atoms with Gasteiger partial charge < -0.3 is 20.4 Å². The smallest absolute Gasteiger partial charge is 0.251 e. The van der Waals surface area contributed by atoms with Gasteiger partial charge in [0, 0.05) is 33.0 Å². The minimum absolute atomic E-state index is 0.0325. The lowest BCUT2D eigenvalue weighted by Crippen LogP contribution is -2.40. The standard InChI is InChI=1S/C25H25F3N8/c1-34-19-8-3-2-7-18(19)31-20(34)14-29-22-21-23(36(15-30-21)17-6-4-5-16(26)13-17)33-24(32-22)35-11-9-25(27,28)10-12-35/h2-8,13,15,20,31H,9-12,14H2,1H3,(H,29,32,33). The molecule has 2 aliphatic heterocycles. The van der Waals surface area contributed by atoms with Crippen LogP contribution in [0.5, 0.6) is 0 Å². The predicted molar refractivity (Wildman–Crippen MR) is 134 cm³/mol. The third kappa shape index (κ3) is 4.04. The molecule has 6 rings (SSSR count). The number of nitrogens with zero attached hydrogens (tertiary/aromatic N) is 6. The van der Waals surface area contributed by atoms with Crippen LogP contribution in [0.15, 0.2) is 54.9 Å². The van der Waals surface area contributed by atoms with E-state index >= 15 is 0 Å². The normalized spacial score (nSPS) is 18.8. The number of imidazole rings is 1. The maximum atomic E-state index is 14.0. The molecule has 1 fully saturated rings. The number of piperidine rings is 1. The number of hydrogen-bond donors (Lipinski definition) is 2. The summed E-state index contributed by atoms with van der Waals surface area (Å²) in [5.41, 5.74) is 3.70. The maximum Gasteiger partial charge on any atom is 0.251 e. The molecule has 0 bridgehead atoms. The minimum Gasteiger partial charge on any atom is -0.364 e. The van der Waals surface area contributed by atoms with E-state index in [1.807, 2.05) is 25.2 Å². The number of aromatic nitrogens is 4. The average molecular weight is 495 g/mol. The highest BCUT2D eigenvalue weighted by Gasteiger charge is 2.35. The van der Waals surface area contributed by atoms with Gasteiger partial charge in [-0.05, 0) is 30.3 Å². The molecule has 0 spiro atoms. The van der Waals surface area contributed by atoms with Gasteiger partial charge in [0.1, 0.15) is 18.3 Å². The van der Waals surface area contributed by atoms with E-state index in [9.17, 15) is 13.2 Å². The van der Waals surface area contributed by atoms with Gasteiger partial charge in [-0.15, -0.1) is 0 Å². The molecule has 1 atom stereocenters. The Morgan fingerprint density at radius 1 is 1.08 bits per heavy atom. The lowest BCUT2D eigenvalue weighted by atomic mass is 10.1. The first-order valence-electron chi connectivity index (χ1n) is 11.8. The summed E-state index contributed by atoms with van der Waals surface area (Å²) in [6, 6.07) is 14.2. The molecule has 36 heavy (non-hydrogen) atoms. The Bertz CT molecular complexity index is 1410. The first-order valence-corrected chi connectivity index (χ1v) is 11.8. The van der Waals surface area contributed by atoms with E-state index in [1.165, 1.54) is 12.1 Å². The fourth-order valence-electron chi connectivity index (χ4n) is 4.73. The van der Waals surface area contributed by atoms with Crippen molar-refractivity contribution in [3.63, 3.8) is 0 Å². The highest BCUT2D eigenvalue weighted by atomic mass is 19.3. The molecule has 8 nitrogen and oxygen atoms in total. The molecule has 11 heteroatoms. The zero-order chi connectivity index (χ0) is 24.9. The number of benzene rings is 2. The van der Waals surface area contributed by atoms with Crippen molar-refractivity contribution in [1.82, 2.24) is 19.5 Å². The van der Waals surface area contributed by atoms with Crippen LogP contribution in [0, 0.1) is 5.82 Å². The highest BCUT2D eigenvalue weighted by Crippen LogP contribution is 2.34. The first-order chi connectivity index (χ1) is 17.4. The second-order valence-corrected chi connectivity index (χ2v) is 9.15. The van der Waals surface area contributed by atoms with E-state index in [0.29, 0.717) is 35.2 Å². The van der Waals surface area contributed by atoms with Crippen LogP contribution in [0.2, 0.25) is 0 Å². The van der Waals surface area contributed by atoms with E-state index in [2.05, 4.69) is 31.6 Å². The molecule has 0 amide bonds. The molecule has 2 aromatic heterocycles. The van der Waals surface area contributed by atoms with Crippen molar-refractivity contribution in [3.05, 3.63) is 60.7 Å². The summed E-state index contributed by atoms with van der Waals surface area (Å²) < 4.78 is 43.2. The number of nitrogens with one attached hydrogen (secondary N) is 2. The molecular formula is C25H25F3N8. The molecule has 2 aliphatic rings. The second-order valence-electron chi connectivity index (χ2n) is 9.15. The van der Waals surface area contributed by atoms with Gasteiger partial charge in [0.25, 0.3) is 5.92 Å². The molecule has 4 heterocycles. The van der Waals surface area contributed by atoms with E-state index in [4.69, 9.17) is 4.98 Å². The van der Waals surface area contributed by atoms with Gasteiger partial charge in [0.05, 0.1) is 23.6 Å². The molecular weight excluding hydrogens is 469 g/mol. The molecule has 0 radical (unpaired) electrons. The van der Waals surface area contributed by atoms with Crippen LogP contribution >= 0.6 is 0 Å². The Morgan fingerprint density at radius 3 is 2.67 bits per heavy atom. The van der Waals surface area contributed by atoms with Crippen LogP contribution in [-0.4, -0.2) is 58.3 Å². The minimum atomic E-state index is -2.68. The molecule has 0 saturated carbocycles. The number of likely N-dealkylation sites (N-methyl/N-ethyl adjacent to an activating group) is 1. The summed E-state index contributed by atoms with van der Waals surface area (Å²) >= 11 is 0. The molecule has 0 aliphatic carbocycles. The lowest BCUT2D eigenvalue weighted by Gasteiger charge is -2.32. The molecule has 1 saturated heterocycles. The van der Waals surface area contributed by atoms with Gasteiger partial charge in [0.2, 0.25) is 5.95 Å². The van der Waals surface area contributed by atoms with Crippen LogP contribution in [0.1, 0.15) is 12.8 Å². The Balaban J connectivity index is 1.35. The van der Waals surface area contributed by atoms with E-state index in [-0.39, 0.29) is 37.9 Å². The summed E-state index contributed by atoms with van der Waals surface area (Å²) in [6.45, 7) is 0.796. The van der Waals surface area contributed by atoms with Crippen molar-refractivity contribution in [2.24, 2.45) is 0 Å². The number of para-hydroxylation sites is 2. The molecule has 2 N–H and O–H groups in total. The van der Waals surface area contributed by atoms with Crippen LogP contribution < -0.4 is 20.4 Å². The monoisotopic (exact) mass is 494 g/mol. The fraction of sp³-hybridized carbons (Fsp3) is 0.320. The molecule has 4 aromatic rings. The summed E-state index contributed by atoms with van der Waals surface area (Å²) in [4.78, 5) is 17.8. The number of alkyl halides is 2. The first kappa shape index (κ1) is 22.4. The van der Waals surface area contributed by atoms with Crippen molar-refractivity contribution in [2.75, 3.05) is 47.1 Å². The number of rotatable bonds is 5. The Morgan fingerprint density at radius 2 is 1.89 bits per heavy atom. The topological polar surface area (TPSA) is 74.1 Å². The van der Waals surface area contributed by atoms with E-state index in [0.717, 1.165) is 11.4 Å². The summed E-state index contributed by atoms with van der Waals surface area (Å²) in [7, 11) is 2.01. The van der Waals surface area contributed by atoms with Gasteiger partial charge in [0.15, 0.2) is 17.0 Å². The van der Waals surface area contributed by atoms with Crippen LogP contribution in [-0.2, 0) is 0 Å². The van der Waals surface area contributed by atoms with Crippen LogP contribution in [0.3, 0.4) is 0 Å². The molecule has 186 valence electrons. The number of fused-ring (bicyclic) bond motifs is 2. The van der Waals surface area contributed by atoms with Crippen molar-refractivity contribution >= 4 is 34.3 Å². The lowest BCUT2D eigenvalue weighted by molar-refractivity contribution is -0.0222. The maximum absolute atomic E-state index is 14.0. The zero-order valence-corrected chi connectivity index (χ0v) is 19.6. The summed E-state index contributed by atoms with van der Waals surface area (Å²) in [5, 5.41) is 6.87. The second kappa shape index (κ2) is 8.58. The Kier molecular flexibility index (Phi) is 5.35. The van der Waals surface area contributed by atoms with E-state index < -0.39 is 5.92 Å². The fourth-order valence-corrected chi connectivity index (χ4v) is 4.73. The largest absolute Gasteiger partial charge is 0.364 e. The number of halogens is 3. The van der Waals surface area contributed by atoms with Crippen molar-refractivity contribution in [2.45, 2.75) is 24.9 Å². The molecule has 1 unspecified atom stereocenters. The SMILES string of the molecule is CN1c2ccccc2NC1CNc1nc(N2CCC(F)(F)CC2)nc2c1ncn2-c1cccc(F)c1. The quantitative estimate of drug-likeness (QED) is 0.424.